The first-order chi connectivity index (χ1) is 15.0. The molecule has 1 saturated carbocycles. The van der Waals surface area contributed by atoms with Gasteiger partial charge >= 0.3 is 0 Å². The molecule has 1 aliphatic rings. The van der Waals surface area contributed by atoms with E-state index in [1.54, 1.807) is 23.1 Å². The lowest BCUT2D eigenvalue weighted by molar-refractivity contribution is -0.141. The fourth-order valence-electron chi connectivity index (χ4n) is 4.16. The zero-order valence-electron chi connectivity index (χ0n) is 17.9. The normalized spacial score (nSPS) is 15.3. The number of benzene rings is 2. The van der Waals surface area contributed by atoms with E-state index in [-0.39, 0.29) is 24.4 Å². The minimum atomic E-state index is -0.635. The highest BCUT2D eigenvalue weighted by Gasteiger charge is 2.32. The lowest BCUT2D eigenvalue weighted by Crippen LogP contribution is -2.52. The minimum Gasteiger partial charge on any atom is -0.352 e. The molecular formula is C25H30Cl2N2O2. The van der Waals surface area contributed by atoms with Crippen LogP contribution < -0.4 is 5.32 Å². The third kappa shape index (κ3) is 6.47. The minimum absolute atomic E-state index is 0.101. The van der Waals surface area contributed by atoms with E-state index in [0.29, 0.717) is 28.5 Å². The lowest BCUT2D eigenvalue weighted by Gasteiger charge is -2.33. The van der Waals surface area contributed by atoms with Gasteiger partial charge in [-0.05, 0) is 30.5 Å². The Morgan fingerprint density at radius 3 is 2.26 bits per heavy atom. The Morgan fingerprint density at radius 1 is 1.00 bits per heavy atom. The van der Waals surface area contributed by atoms with Gasteiger partial charge in [-0.1, -0.05) is 85.8 Å². The summed E-state index contributed by atoms with van der Waals surface area (Å²) in [5.74, 6) is -0.212. The van der Waals surface area contributed by atoms with Gasteiger partial charge in [0.2, 0.25) is 11.8 Å². The molecule has 1 fully saturated rings. The van der Waals surface area contributed by atoms with Gasteiger partial charge < -0.3 is 10.2 Å². The van der Waals surface area contributed by atoms with Gasteiger partial charge in [0.05, 0.1) is 0 Å². The quantitative estimate of drug-likeness (QED) is 0.541. The maximum Gasteiger partial charge on any atom is 0.243 e. The van der Waals surface area contributed by atoms with Crippen molar-refractivity contribution in [1.82, 2.24) is 10.2 Å². The van der Waals surface area contributed by atoms with Crippen LogP contribution in [0.25, 0.3) is 0 Å². The second kappa shape index (κ2) is 11.5. The van der Waals surface area contributed by atoms with Crippen molar-refractivity contribution in [3.8, 4) is 0 Å². The Hall–Kier alpha value is -2.04. The summed E-state index contributed by atoms with van der Waals surface area (Å²) in [4.78, 5) is 28.1. The molecule has 1 atom stereocenters. The first-order valence-electron chi connectivity index (χ1n) is 11.1. The number of amides is 2. The molecule has 0 aromatic heterocycles. The monoisotopic (exact) mass is 460 g/mol. The Bertz CT molecular complexity index is 862. The van der Waals surface area contributed by atoms with Crippen molar-refractivity contribution in [2.45, 2.75) is 70.5 Å². The van der Waals surface area contributed by atoms with Gasteiger partial charge in [-0.2, -0.15) is 0 Å². The molecule has 0 radical (unpaired) electrons. The molecule has 6 heteroatoms. The van der Waals surface area contributed by atoms with Crippen LogP contribution in [0.4, 0.5) is 0 Å². The third-order valence-electron chi connectivity index (χ3n) is 5.92. The van der Waals surface area contributed by atoms with E-state index >= 15 is 0 Å². The van der Waals surface area contributed by atoms with Crippen molar-refractivity contribution in [1.29, 1.82) is 0 Å². The Kier molecular flexibility index (Phi) is 8.79. The van der Waals surface area contributed by atoms with E-state index < -0.39 is 6.04 Å². The Balaban J connectivity index is 1.91. The summed E-state index contributed by atoms with van der Waals surface area (Å²) in [5, 5.41) is 4.20. The van der Waals surface area contributed by atoms with Crippen molar-refractivity contribution in [2.24, 2.45) is 0 Å². The third-order valence-corrected chi connectivity index (χ3v) is 6.62. The first-order valence-corrected chi connectivity index (χ1v) is 11.8. The number of hydrogen-bond donors (Lipinski definition) is 1. The van der Waals surface area contributed by atoms with Crippen LogP contribution in [0.15, 0.2) is 48.5 Å². The summed E-state index contributed by atoms with van der Waals surface area (Å²) >= 11 is 12.8. The fraction of sp³-hybridized carbons (Fsp3) is 0.440. The predicted molar refractivity (Wildman–Crippen MR) is 126 cm³/mol. The lowest BCUT2D eigenvalue weighted by atomic mass is 9.94. The first kappa shape index (κ1) is 23.6. The number of nitrogens with one attached hydrogen (secondary N) is 1. The van der Waals surface area contributed by atoms with E-state index in [9.17, 15) is 9.59 Å². The van der Waals surface area contributed by atoms with Crippen LogP contribution in [0.3, 0.4) is 0 Å². The van der Waals surface area contributed by atoms with E-state index in [1.807, 2.05) is 37.3 Å². The van der Waals surface area contributed by atoms with Crippen molar-refractivity contribution >= 4 is 35.0 Å². The van der Waals surface area contributed by atoms with Gasteiger partial charge in [-0.15, -0.1) is 0 Å². The molecule has 31 heavy (non-hydrogen) atoms. The number of carbonyl (C=O) groups excluding carboxylic acids is 2. The zero-order chi connectivity index (χ0) is 22.2. The molecule has 1 aliphatic carbocycles. The highest BCUT2D eigenvalue weighted by Crippen LogP contribution is 2.27. The second-order valence-electron chi connectivity index (χ2n) is 8.12. The van der Waals surface area contributed by atoms with Crippen LogP contribution in [0, 0.1) is 0 Å². The van der Waals surface area contributed by atoms with Crippen LogP contribution >= 0.6 is 23.2 Å². The largest absolute Gasteiger partial charge is 0.352 e. The van der Waals surface area contributed by atoms with Crippen LogP contribution in [0.2, 0.25) is 10.0 Å². The van der Waals surface area contributed by atoms with Gasteiger partial charge in [0.25, 0.3) is 0 Å². The van der Waals surface area contributed by atoms with E-state index in [2.05, 4.69) is 5.32 Å². The molecule has 166 valence electrons. The predicted octanol–water partition coefficient (Wildman–Crippen LogP) is 5.79. The van der Waals surface area contributed by atoms with Crippen molar-refractivity contribution in [2.75, 3.05) is 0 Å². The summed E-state index contributed by atoms with van der Waals surface area (Å²) in [6, 6.07) is 14.6. The summed E-state index contributed by atoms with van der Waals surface area (Å²) in [7, 11) is 0. The maximum absolute atomic E-state index is 13.5. The molecule has 0 aliphatic heterocycles. The highest BCUT2D eigenvalue weighted by molar-refractivity contribution is 6.36. The fourth-order valence-corrected chi connectivity index (χ4v) is 4.67. The molecule has 3 rings (SSSR count). The molecule has 0 heterocycles. The molecule has 0 saturated heterocycles. The molecule has 2 aromatic rings. The number of nitrogens with zero attached hydrogens (tertiary/aromatic N) is 1. The van der Waals surface area contributed by atoms with Crippen molar-refractivity contribution in [3.05, 3.63) is 69.7 Å². The van der Waals surface area contributed by atoms with Crippen molar-refractivity contribution < 1.29 is 9.59 Å². The average molecular weight is 461 g/mol. The molecule has 2 aromatic carbocycles. The van der Waals surface area contributed by atoms with Crippen molar-refractivity contribution in [3.63, 3.8) is 0 Å². The molecule has 0 bridgehead atoms. The number of hydrogen-bond acceptors (Lipinski definition) is 2. The van der Waals surface area contributed by atoms with Gasteiger partial charge in [0.1, 0.15) is 6.04 Å². The van der Waals surface area contributed by atoms with Gasteiger partial charge in [0, 0.05) is 41.0 Å². The molecule has 0 unspecified atom stereocenters. The van der Waals surface area contributed by atoms with Crippen LogP contribution in [-0.2, 0) is 22.6 Å². The Labute approximate surface area is 194 Å². The van der Waals surface area contributed by atoms with Crippen LogP contribution in [-0.4, -0.2) is 28.8 Å². The molecule has 1 N–H and O–H groups in total. The van der Waals surface area contributed by atoms with Crippen LogP contribution in [0.1, 0.15) is 56.6 Å². The van der Waals surface area contributed by atoms with Gasteiger partial charge in [-0.3, -0.25) is 9.59 Å². The molecule has 0 spiro atoms. The standard InChI is InChI=1S/C25H30Cl2N2O2/c1-2-24(30)29(17-20-21(26)14-9-15-22(20)27)23(16-18-10-5-3-6-11-18)25(31)28-19-12-7-4-8-13-19/h3,5-6,9-11,14-15,19,23H,2,4,7-8,12-13,16-17H2,1H3,(H,28,31)/t23-/m0/s1. The van der Waals surface area contributed by atoms with E-state index in [0.717, 1.165) is 31.2 Å². The Morgan fingerprint density at radius 2 is 1.65 bits per heavy atom. The molecular weight excluding hydrogens is 431 g/mol. The topological polar surface area (TPSA) is 49.4 Å². The summed E-state index contributed by atoms with van der Waals surface area (Å²) in [5.41, 5.74) is 1.67. The maximum atomic E-state index is 13.5. The smallest absolute Gasteiger partial charge is 0.243 e. The highest BCUT2D eigenvalue weighted by atomic mass is 35.5. The number of carbonyl (C=O) groups is 2. The van der Waals surface area contributed by atoms with Crippen LogP contribution in [0.5, 0.6) is 0 Å². The SMILES string of the molecule is CCC(=O)N(Cc1c(Cl)cccc1Cl)[C@@H](Cc1ccccc1)C(=O)NC1CCCCC1. The summed E-state index contributed by atoms with van der Waals surface area (Å²) in [6.45, 7) is 2.00. The summed E-state index contributed by atoms with van der Waals surface area (Å²) < 4.78 is 0. The van der Waals surface area contributed by atoms with Gasteiger partial charge in [0.15, 0.2) is 0 Å². The molecule has 4 nitrogen and oxygen atoms in total. The summed E-state index contributed by atoms with van der Waals surface area (Å²) in [6.07, 6.45) is 6.18. The average Bonchev–Trinajstić information content (AvgIpc) is 2.78. The second-order valence-corrected chi connectivity index (χ2v) is 8.94. The number of halogens is 2. The zero-order valence-corrected chi connectivity index (χ0v) is 19.5. The van der Waals surface area contributed by atoms with E-state index in [4.69, 9.17) is 23.2 Å². The number of rotatable bonds is 8. The molecule has 2 amide bonds. The van der Waals surface area contributed by atoms with E-state index in [1.165, 1.54) is 6.42 Å². The van der Waals surface area contributed by atoms with Gasteiger partial charge in [-0.25, -0.2) is 0 Å².